The van der Waals surface area contributed by atoms with E-state index >= 15 is 0 Å². The van der Waals surface area contributed by atoms with Gasteiger partial charge in [-0.3, -0.25) is 14.2 Å². The van der Waals surface area contributed by atoms with Gasteiger partial charge in [0.1, 0.15) is 17.5 Å². The zero-order valence-electron chi connectivity index (χ0n) is 18.1. The number of ether oxygens (including phenoxy) is 3. The lowest BCUT2D eigenvalue weighted by Crippen LogP contribution is -2.58. The van der Waals surface area contributed by atoms with Gasteiger partial charge in [-0.15, -0.1) is 0 Å². The number of para-hydroxylation sites is 1. The van der Waals surface area contributed by atoms with E-state index < -0.39 is 17.7 Å². The molecule has 7 nitrogen and oxygen atoms in total. The zero-order chi connectivity index (χ0) is 22.6. The molecule has 0 fully saturated rings. The van der Waals surface area contributed by atoms with Gasteiger partial charge >= 0.3 is 0 Å². The van der Waals surface area contributed by atoms with Crippen molar-refractivity contribution in [2.24, 2.45) is 10.9 Å². The lowest BCUT2D eigenvalue weighted by molar-refractivity contribution is -0.132. The first kappa shape index (κ1) is 20.5. The molecular weight excluding hydrogens is 428 g/mol. The molecule has 0 radical (unpaired) electrons. The van der Waals surface area contributed by atoms with Gasteiger partial charge in [0.2, 0.25) is 5.72 Å². The van der Waals surface area contributed by atoms with Gasteiger partial charge in [0.25, 0.3) is 5.56 Å². The van der Waals surface area contributed by atoms with Crippen LogP contribution in [0.2, 0.25) is 0 Å². The van der Waals surface area contributed by atoms with Gasteiger partial charge < -0.3 is 14.2 Å². The molecule has 0 saturated carbocycles. The fourth-order valence-corrected chi connectivity index (χ4v) is 5.75. The third-order valence-corrected chi connectivity index (χ3v) is 7.01. The first-order chi connectivity index (χ1) is 15.4. The number of carbonyl (C=O) groups excluding carboxylic acids is 1. The van der Waals surface area contributed by atoms with E-state index in [-0.39, 0.29) is 11.3 Å². The van der Waals surface area contributed by atoms with Crippen molar-refractivity contribution in [3.63, 3.8) is 0 Å². The second kappa shape index (κ2) is 7.34. The van der Waals surface area contributed by atoms with Crippen LogP contribution in [0.3, 0.4) is 0 Å². The molecule has 2 aromatic carbocycles. The van der Waals surface area contributed by atoms with E-state index in [2.05, 4.69) is 0 Å². The number of Topliss-reactive ketones (excluding diaryl/α,β-unsaturated/α-hetero) is 1. The fraction of sp³-hybridized carbons (Fsp3) is 0.292. The summed E-state index contributed by atoms with van der Waals surface area (Å²) in [6.07, 6.45) is 1.80. The average Bonchev–Trinajstić information content (AvgIpc) is 3.06. The molecule has 2 aliphatic rings. The molecule has 32 heavy (non-hydrogen) atoms. The molecule has 3 heterocycles. The molecule has 1 aromatic heterocycles. The van der Waals surface area contributed by atoms with Crippen LogP contribution in [0.4, 0.5) is 0 Å². The van der Waals surface area contributed by atoms with Gasteiger partial charge in [-0.25, -0.2) is 4.99 Å². The summed E-state index contributed by atoms with van der Waals surface area (Å²) in [6.45, 7) is 3.34. The largest absolute Gasteiger partial charge is 0.493 e. The highest BCUT2D eigenvalue weighted by Gasteiger charge is 2.53. The van der Waals surface area contributed by atoms with Gasteiger partial charge in [-0.05, 0) is 43.7 Å². The Hall–Kier alpha value is -3.39. The number of nitrogens with zero attached hydrogens (tertiary/aromatic N) is 2. The number of aromatic nitrogens is 1. The van der Waals surface area contributed by atoms with Crippen LogP contribution in [0, 0.1) is 5.92 Å². The summed E-state index contributed by atoms with van der Waals surface area (Å²) in [5.74, 6) is 1.18. The molecule has 2 aliphatic heterocycles. The van der Waals surface area contributed by atoms with Crippen LogP contribution in [-0.4, -0.2) is 30.3 Å². The molecule has 164 valence electrons. The van der Waals surface area contributed by atoms with Crippen molar-refractivity contribution >= 4 is 23.2 Å². The Kier molecular flexibility index (Phi) is 4.70. The molecule has 0 saturated heterocycles. The third-order valence-electron chi connectivity index (χ3n) is 6.02. The quantitative estimate of drug-likeness (QED) is 0.610. The molecule has 0 amide bonds. The summed E-state index contributed by atoms with van der Waals surface area (Å²) >= 11 is 1.29. The lowest BCUT2D eigenvalue weighted by Gasteiger charge is -2.45. The van der Waals surface area contributed by atoms with Crippen molar-refractivity contribution in [3.05, 3.63) is 73.3 Å². The molecular formula is C24H22N2O5S. The van der Waals surface area contributed by atoms with Crippen LogP contribution >= 0.6 is 11.3 Å². The molecule has 3 aromatic rings. The first-order valence-corrected chi connectivity index (χ1v) is 11.0. The number of methoxy groups -OCH3 is 2. The van der Waals surface area contributed by atoms with Crippen molar-refractivity contribution in [1.82, 2.24) is 4.57 Å². The second-order valence-corrected chi connectivity index (χ2v) is 9.03. The highest BCUT2D eigenvalue weighted by Crippen LogP contribution is 2.47. The monoisotopic (exact) mass is 450 g/mol. The molecule has 3 atom stereocenters. The Labute approximate surface area is 188 Å². The lowest BCUT2D eigenvalue weighted by atomic mass is 9.79. The van der Waals surface area contributed by atoms with Crippen LogP contribution in [-0.2, 0) is 4.79 Å². The summed E-state index contributed by atoms with van der Waals surface area (Å²) in [4.78, 5) is 31.5. The summed E-state index contributed by atoms with van der Waals surface area (Å²) in [5.41, 5.74) is 0.369. The number of hydrogen-bond donors (Lipinski definition) is 0. The summed E-state index contributed by atoms with van der Waals surface area (Å²) in [6, 6.07) is 12.5. The molecule has 8 heteroatoms. The molecule has 5 rings (SSSR count). The minimum Gasteiger partial charge on any atom is -0.493 e. The van der Waals surface area contributed by atoms with E-state index in [1.54, 1.807) is 30.9 Å². The number of thiazole rings is 1. The normalized spacial score (nSPS) is 23.4. The minimum absolute atomic E-state index is 0.0649. The van der Waals surface area contributed by atoms with Gasteiger partial charge in [0.05, 0.1) is 24.8 Å². The van der Waals surface area contributed by atoms with E-state index in [1.165, 1.54) is 18.3 Å². The molecule has 0 N–H and O–H groups in total. The molecule has 0 aliphatic carbocycles. The number of carbonyl (C=O) groups is 1. The Balaban J connectivity index is 1.75. The Morgan fingerprint density at radius 3 is 2.66 bits per heavy atom. The van der Waals surface area contributed by atoms with Crippen LogP contribution in [0.5, 0.6) is 17.2 Å². The van der Waals surface area contributed by atoms with Gasteiger partial charge in [0, 0.05) is 5.56 Å². The third kappa shape index (κ3) is 2.97. The summed E-state index contributed by atoms with van der Waals surface area (Å²) < 4.78 is 19.0. The minimum atomic E-state index is -1.07. The Bertz CT molecular complexity index is 1420. The second-order valence-electron chi connectivity index (χ2n) is 8.02. The van der Waals surface area contributed by atoms with Crippen LogP contribution in [0.25, 0.3) is 6.08 Å². The van der Waals surface area contributed by atoms with Crippen molar-refractivity contribution in [1.29, 1.82) is 0 Å². The predicted octanol–water partition coefficient (Wildman–Crippen LogP) is 2.29. The van der Waals surface area contributed by atoms with Crippen molar-refractivity contribution in [2.75, 3.05) is 14.2 Å². The van der Waals surface area contributed by atoms with Crippen molar-refractivity contribution in [3.8, 4) is 17.2 Å². The summed E-state index contributed by atoms with van der Waals surface area (Å²) in [7, 11) is 3.14. The maximum atomic E-state index is 13.6. The van der Waals surface area contributed by atoms with Crippen molar-refractivity contribution in [2.45, 2.75) is 25.6 Å². The first-order valence-electron chi connectivity index (χ1n) is 10.2. The number of hydrogen-bond acceptors (Lipinski definition) is 7. The highest BCUT2D eigenvalue weighted by molar-refractivity contribution is 7.07. The highest BCUT2D eigenvalue weighted by atomic mass is 32.1. The maximum Gasteiger partial charge on any atom is 0.270 e. The smallest absolute Gasteiger partial charge is 0.270 e. The van der Waals surface area contributed by atoms with E-state index in [9.17, 15) is 9.59 Å². The number of fused-ring (bicyclic) bond motifs is 6. The van der Waals surface area contributed by atoms with Crippen molar-refractivity contribution < 1.29 is 19.0 Å². The molecule has 2 bridgehead atoms. The summed E-state index contributed by atoms with van der Waals surface area (Å²) in [5, 5.41) is 0. The topological polar surface area (TPSA) is 79.1 Å². The van der Waals surface area contributed by atoms with Gasteiger partial charge in [-0.2, -0.15) is 0 Å². The number of benzene rings is 2. The zero-order valence-corrected chi connectivity index (χ0v) is 18.9. The van der Waals surface area contributed by atoms with E-state index in [1.807, 2.05) is 43.3 Å². The van der Waals surface area contributed by atoms with Gasteiger partial charge in [0.15, 0.2) is 16.3 Å². The fourth-order valence-electron chi connectivity index (χ4n) is 4.65. The number of rotatable bonds is 4. The molecule has 0 spiro atoms. The standard InChI is InChI=1S/C24H22N2O5S/c1-13(27)20-21-15-7-5-6-8-16(15)31-24(20,2)25-23-26(21)22(28)19(32-23)12-14-9-10-17(29-3)18(11-14)30-4/h5-12,20-21H,1-4H3. The van der Waals surface area contributed by atoms with Crippen LogP contribution in [0.1, 0.15) is 31.0 Å². The Morgan fingerprint density at radius 1 is 1.19 bits per heavy atom. The number of ketones is 1. The Morgan fingerprint density at radius 2 is 1.94 bits per heavy atom. The van der Waals surface area contributed by atoms with Crippen LogP contribution < -0.4 is 29.1 Å². The predicted molar refractivity (Wildman–Crippen MR) is 120 cm³/mol. The van der Waals surface area contributed by atoms with E-state index in [4.69, 9.17) is 19.2 Å². The molecule has 3 unspecified atom stereocenters. The average molecular weight is 451 g/mol. The SMILES string of the molecule is COc1ccc(C=c2sc3n(c2=O)C2c4ccccc4OC(C)(N=3)C2C(C)=O)cc1OC. The van der Waals surface area contributed by atoms with Crippen LogP contribution in [0.15, 0.2) is 52.3 Å². The van der Waals surface area contributed by atoms with E-state index in [0.717, 1.165) is 11.1 Å². The maximum absolute atomic E-state index is 13.6. The van der Waals surface area contributed by atoms with E-state index in [0.29, 0.717) is 26.6 Å². The van der Waals surface area contributed by atoms with Gasteiger partial charge in [-0.1, -0.05) is 35.6 Å².